The molecular formula is C28H42N4O4. The number of hydrogen-bond acceptors (Lipinski definition) is 4. The number of likely N-dealkylation sites (N-methyl/N-ethyl adjacent to an activating group) is 2. The van der Waals surface area contributed by atoms with E-state index < -0.39 is 29.5 Å². The number of rotatable bonds is 10. The van der Waals surface area contributed by atoms with Crippen LogP contribution in [-0.2, 0) is 27.9 Å². The summed E-state index contributed by atoms with van der Waals surface area (Å²) < 4.78 is 2.05. The average Bonchev–Trinajstić information content (AvgIpc) is 3.12. The molecule has 2 amide bonds. The average molecular weight is 499 g/mol. The van der Waals surface area contributed by atoms with Crippen LogP contribution >= 0.6 is 0 Å². The molecule has 0 aliphatic heterocycles. The first-order valence-corrected chi connectivity index (χ1v) is 12.4. The highest BCUT2D eigenvalue weighted by atomic mass is 16.4. The van der Waals surface area contributed by atoms with Gasteiger partial charge in [-0.25, -0.2) is 4.79 Å². The minimum Gasteiger partial charge on any atom is -0.478 e. The van der Waals surface area contributed by atoms with Crippen LogP contribution < -0.4 is 10.6 Å². The van der Waals surface area contributed by atoms with Gasteiger partial charge in [0.05, 0.1) is 12.1 Å². The Morgan fingerprint density at radius 3 is 2.31 bits per heavy atom. The topological polar surface area (TPSA) is 104 Å². The third-order valence-corrected chi connectivity index (χ3v) is 6.70. The Morgan fingerprint density at radius 1 is 1.17 bits per heavy atom. The van der Waals surface area contributed by atoms with Gasteiger partial charge in [-0.3, -0.25) is 9.59 Å². The van der Waals surface area contributed by atoms with E-state index >= 15 is 0 Å². The number of aryl methyl sites for hydroxylation is 1. The largest absolute Gasteiger partial charge is 0.478 e. The van der Waals surface area contributed by atoms with E-state index in [0.717, 1.165) is 16.5 Å². The maximum absolute atomic E-state index is 13.7. The second kappa shape index (κ2) is 11.7. The molecule has 2 rings (SSSR count). The summed E-state index contributed by atoms with van der Waals surface area (Å²) in [5, 5.41) is 16.5. The molecule has 0 aliphatic carbocycles. The van der Waals surface area contributed by atoms with Crippen molar-refractivity contribution in [1.29, 1.82) is 0 Å². The summed E-state index contributed by atoms with van der Waals surface area (Å²) in [6, 6.07) is 6.31. The molecule has 0 bridgehead atoms. The quantitative estimate of drug-likeness (QED) is 0.436. The van der Waals surface area contributed by atoms with Crippen molar-refractivity contribution in [1.82, 2.24) is 20.1 Å². The molecule has 1 aromatic carbocycles. The summed E-state index contributed by atoms with van der Waals surface area (Å²) in [7, 11) is 5.38. The van der Waals surface area contributed by atoms with Crippen LogP contribution in [0.15, 0.2) is 42.1 Å². The molecule has 3 N–H and O–H groups in total. The third-order valence-electron chi connectivity index (χ3n) is 6.70. The number of nitrogens with one attached hydrogen (secondary N) is 2. The number of carbonyl (C=O) groups excluding carboxylic acids is 2. The van der Waals surface area contributed by atoms with E-state index in [1.165, 1.54) is 6.92 Å². The van der Waals surface area contributed by atoms with Gasteiger partial charge in [-0.2, -0.15) is 0 Å². The van der Waals surface area contributed by atoms with Crippen molar-refractivity contribution in [3.05, 3.63) is 47.7 Å². The highest BCUT2D eigenvalue weighted by Gasteiger charge is 2.38. The zero-order chi connectivity index (χ0) is 27.4. The monoisotopic (exact) mass is 498 g/mol. The maximum Gasteiger partial charge on any atom is 0.331 e. The van der Waals surface area contributed by atoms with Gasteiger partial charge in [-0.1, -0.05) is 58.9 Å². The van der Waals surface area contributed by atoms with Gasteiger partial charge >= 0.3 is 5.97 Å². The van der Waals surface area contributed by atoms with Crippen LogP contribution in [0, 0.1) is 11.3 Å². The van der Waals surface area contributed by atoms with E-state index in [0.29, 0.717) is 6.42 Å². The number of aromatic nitrogens is 1. The minimum atomic E-state index is -1.02. The number of fused-ring (bicyclic) bond motifs is 1. The molecule has 0 radical (unpaired) electrons. The lowest BCUT2D eigenvalue weighted by Gasteiger charge is -2.38. The first-order chi connectivity index (χ1) is 16.7. The minimum absolute atomic E-state index is 0.0130. The molecule has 0 saturated carbocycles. The summed E-state index contributed by atoms with van der Waals surface area (Å²) in [6.07, 6.45) is 4.11. The number of aliphatic carboxylic acids is 1. The number of benzene rings is 1. The normalized spacial score (nSPS) is 15.0. The Bertz CT molecular complexity index is 1130. The first kappa shape index (κ1) is 29.1. The van der Waals surface area contributed by atoms with Gasteiger partial charge in [-0.15, -0.1) is 0 Å². The van der Waals surface area contributed by atoms with Gasteiger partial charge in [0, 0.05) is 36.8 Å². The molecule has 0 spiro atoms. The predicted octanol–water partition coefficient (Wildman–Crippen LogP) is 3.35. The van der Waals surface area contributed by atoms with Crippen LogP contribution in [0.3, 0.4) is 0 Å². The fraction of sp³-hybridized carbons (Fsp3) is 0.536. The summed E-state index contributed by atoms with van der Waals surface area (Å²) in [5.74, 6) is -1.55. The lowest BCUT2D eigenvalue weighted by atomic mass is 9.84. The Morgan fingerprint density at radius 2 is 1.78 bits per heavy atom. The lowest BCUT2D eigenvalue weighted by molar-refractivity contribution is -0.140. The molecule has 2 aromatic rings. The van der Waals surface area contributed by atoms with E-state index in [9.17, 15) is 19.5 Å². The molecule has 0 saturated heterocycles. The van der Waals surface area contributed by atoms with Gasteiger partial charge < -0.3 is 25.2 Å². The van der Waals surface area contributed by atoms with Crippen molar-refractivity contribution in [2.24, 2.45) is 18.4 Å². The standard InChI is InChI=1S/C28H42N4O4/c1-17(2)23(14-18(3)27(35)36)32(9)26(34)24(28(4,5)6)30-25(33)21(29-7)15-19-16-31(8)22-13-11-10-12-20(19)22/h10-14,16-17,21,23-24,29H,15H2,1-9H3,(H,30,33)(H,35,36)/b18-14+/t21-,23+,24?/m0/s1. The molecule has 1 unspecified atom stereocenters. The first-order valence-electron chi connectivity index (χ1n) is 12.4. The van der Waals surface area contributed by atoms with E-state index in [4.69, 9.17) is 0 Å². The number of carboxylic acid groups (broad SMARTS) is 1. The fourth-order valence-electron chi connectivity index (χ4n) is 4.45. The molecule has 1 heterocycles. The SMILES string of the molecule is CN[C@@H](Cc1cn(C)c2ccccc12)C(=O)NC(C(=O)N(C)[C@H](/C=C(\C)C(=O)O)C(C)C)C(C)(C)C. The Kier molecular flexibility index (Phi) is 9.49. The zero-order valence-corrected chi connectivity index (χ0v) is 23.0. The highest BCUT2D eigenvalue weighted by molar-refractivity contribution is 5.92. The van der Waals surface area contributed by atoms with Crippen molar-refractivity contribution in [3.63, 3.8) is 0 Å². The van der Waals surface area contributed by atoms with Crippen molar-refractivity contribution < 1.29 is 19.5 Å². The smallest absolute Gasteiger partial charge is 0.331 e. The lowest BCUT2D eigenvalue weighted by Crippen LogP contribution is -2.59. The second-order valence-electron chi connectivity index (χ2n) is 11.0. The summed E-state index contributed by atoms with van der Waals surface area (Å²) in [6.45, 7) is 11.1. The molecule has 198 valence electrons. The third kappa shape index (κ3) is 6.75. The van der Waals surface area contributed by atoms with Crippen LogP contribution in [-0.4, -0.2) is 64.6 Å². The number of amides is 2. The molecule has 0 fully saturated rings. The molecule has 8 heteroatoms. The Labute approximate surface area is 214 Å². The Balaban J connectivity index is 2.30. The fourth-order valence-corrected chi connectivity index (χ4v) is 4.45. The van der Waals surface area contributed by atoms with Crippen LogP contribution in [0.1, 0.15) is 47.1 Å². The van der Waals surface area contributed by atoms with E-state index in [-0.39, 0.29) is 23.3 Å². The van der Waals surface area contributed by atoms with Gasteiger partial charge in [0.25, 0.3) is 0 Å². The maximum atomic E-state index is 13.7. The van der Waals surface area contributed by atoms with Gasteiger partial charge in [0.2, 0.25) is 11.8 Å². The van der Waals surface area contributed by atoms with Crippen molar-refractivity contribution >= 4 is 28.7 Å². The highest BCUT2D eigenvalue weighted by Crippen LogP contribution is 2.25. The Hall–Kier alpha value is -3.13. The summed E-state index contributed by atoms with van der Waals surface area (Å²) >= 11 is 0. The molecule has 36 heavy (non-hydrogen) atoms. The van der Waals surface area contributed by atoms with Crippen molar-refractivity contribution in [3.8, 4) is 0 Å². The zero-order valence-electron chi connectivity index (χ0n) is 23.0. The van der Waals surface area contributed by atoms with Crippen molar-refractivity contribution in [2.75, 3.05) is 14.1 Å². The number of carbonyl (C=O) groups is 3. The molecular weight excluding hydrogens is 456 g/mol. The van der Waals surface area contributed by atoms with E-state index in [2.05, 4.69) is 10.6 Å². The molecule has 8 nitrogen and oxygen atoms in total. The number of para-hydroxylation sites is 1. The number of nitrogens with zero attached hydrogens (tertiary/aromatic N) is 2. The van der Waals surface area contributed by atoms with Gasteiger partial charge in [0.15, 0.2) is 0 Å². The number of carboxylic acids is 1. The summed E-state index contributed by atoms with van der Waals surface area (Å²) in [5.41, 5.74) is 1.75. The molecule has 1 aromatic heterocycles. The molecule has 3 atom stereocenters. The summed E-state index contributed by atoms with van der Waals surface area (Å²) in [4.78, 5) is 40.1. The number of hydrogen-bond donors (Lipinski definition) is 3. The van der Waals surface area contributed by atoms with Crippen LogP contribution in [0.4, 0.5) is 0 Å². The predicted molar refractivity (Wildman–Crippen MR) is 144 cm³/mol. The van der Waals surface area contributed by atoms with Gasteiger partial charge in [-0.05, 0) is 43.4 Å². The van der Waals surface area contributed by atoms with Crippen LogP contribution in [0.5, 0.6) is 0 Å². The van der Waals surface area contributed by atoms with Crippen molar-refractivity contribution in [2.45, 2.75) is 66.1 Å². The molecule has 0 aliphatic rings. The van der Waals surface area contributed by atoms with E-state index in [1.807, 2.05) is 76.7 Å². The van der Waals surface area contributed by atoms with Gasteiger partial charge in [0.1, 0.15) is 6.04 Å². The van der Waals surface area contributed by atoms with Crippen LogP contribution in [0.2, 0.25) is 0 Å². The van der Waals surface area contributed by atoms with Crippen LogP contribution in [0.25, 0.3) is 10.9 Å². The second-order valence-corrected chi connectivity index (χ2v) is 11.0. The van der Waals surface area contributed by atoms with E-state index in [1.54, 1.807) is 25.1 Å².